The highest BCUT2D eigenvalue weighted by atomic mass is 16.5. The molecule has 1 aromatic rings. The Balaban J connectivity index is 2.97. The summed E-state index contributed by atoms with van der Waals surface area (Å²) in [6.07, 6.45) is -1.38. The highest BCUT2D eigenvalue weighted by Crippen LogP contribution is 2.29. The third-order valence-corrected chi connectivity index (χ3v) is 2.17. The summed E-state index contributed by atoms with van der Waals surface area (Å²) >= 11 is 0. The molecule has 88 valence electrons. The lowest BCUT2D eigenvalue weighted by Gasteiger charge is -2.16. The van der Waals surface area contributed by atoms with Gasteiger partial charge in [0.2, 0.25) is 0 Å². The first kappa shape index (κ1) is 12.3. The van der Waals surface area contributed by atoms with Crippen molar-refractivity contribution in [1.82, 2.24) is 0 Å². The van der Waals surface area contributed by atoms with Crippen LogP contribution in [0.1, 0.15) is 11.7 Å². The van der Waals surface area contributed by atoms with E-state index in [9.17, 15) is 15.0 Å². The zero-order valence-corrected chi connectivity index (χ0v) is 8.62. The molecule has 0 aromatic heterocycles. The fourth-order valence-corrected chi connectivity index (χ4v) is 1.23. The van der Waals surface area contributed by atoms with Gasteiger partial charge in [0, 0.05) is 0 Å². The molecule has 0 radical (unpaired) electrons. The topological polar surface area (TPSA) is 113 Å². The number of aliphatic hydroxyl groups excluding tert-OH is 1. The van der Waals surface area contributed by atoms with Crippen LogP contribution in [0, 0.1) is 0 Å². The number of benzene rings is 1. The van der Waals surface area contributed by atoms with Crippen molar-refractivity contribution in [1.29, 1.82) is 0 Å². The van der Waals surface area contributed by atoms with Gasteiger partial charge in [-0.15, -0.1) is 0 Å². The van der Waals surface area contributed by atoms with Crippen molar-refractivity contribution < 1.29 is 24.9 Å². The van der Waals surface area contributed by atoms with Crippen molar-refractivity contribution in [2.24, 2.45) is 5.73 Å². The largest absolute Gasteiger partial charge is 0.504 e. The standard InChI is InChI=1S/C10H13NO5/c1-16-7-3-2-5(4-6(7)12)9(13)8(11)10(14)15/h2-4,8-9,12-13H,11H2,1H3,(H,14,15). The molecule has 0 spiro atoms. The Bertz CT molecular complexity index is 393. The molecule has 1 rings (SSSR count). The SMILES string of the molecule is COc1ccc(C(O)C(N)C(=O)O)cc1O. The molecule has 0 aliphatic carbocycles. The number of rotatable bonds is 4. The molecule has 16 heavy (non-hydrogen) atoms. The molecule has 0 saturated heterocycles. The van der Waals surface area contributed by atoms with Crippen LogP contribution in [-0.4, -0.2) is 34.4 Å². The van der Waals surface area contributed by atoms with Crippen LogP contribution < -0.4 is 10.5 Å². The lowest BCUT2D eigenvalue weighted by Crippen LogP contribution is -2.36. The van der Waals surface area contributed by atoms with Crippen molar-refractivity contribution in [2.75, 3.05) is 7.11 Å². The van der Waals surface area contributed by atoms with Crippen molar-refractivity contribution in [3.8, 4) is 11.5 Å². The summed E-state index contributed by atoms with van der Waals surface area (Å²) in [6, 6.07) is 2.63. The van der Waals surface area contributed by atoms with Crippen molar-refractivity contribution >= 4 is 5.97 Å². The third kappa shape index (κ3) is 2.41. The number of carboxylic acids is 1. The summed E-state index contributed by atoms with van der Waals surface area (Å²) in [6.45, 7) is 0. The average molecular weight is 227 g/mol. The summed E-state index contributed by atoms with van der Waals surface area (Å²) < 4.78 is 4.81. The van der Waals surface area contributed by atoms with Gasteiger partial charge in [0.05, 0.1) is 7.11 Å². The number of aliphatic carboxylic acids is 1. The summed E-state index contributed by atoms with van der Waals surface area (Å²) in [7, 11) is 1.38. The number of methoxy groups -OCH3 is 1. The van der Waals surface area contributed by atoms with Gasteiger partial charge < -0.3 is 25.8 Å². The normalized spacial score (nSPS) is 14.2. The van der Waals surface area contributed by atoms with E-state index >= 15 is 0 Å². The van der Waals surface area contributed by atoms with E-state index in [0.717, 1.165) is 0 Å². The molecule has 6 nitrogen and oxygen atoms in total. The number of hydrogen-bond donors (Lipinski definition) is 4. The molecule has 0 bridgehead atoms. The van der Waals surface area contributed by atoms with E-state index in [-0.39, 0.29) is 17.1 Å². The lowest BCUT2D eigenvalue weighted by atomic mass is 10.0. The zero-order valence-electron chi connectivity index (χ0n) is 8.62. The van der Waals surface area contributed by atoms with Crippen LogP contribution in [0.15, 0.2) is 18.2 Å². The van der Waals surface area contributed by atoms with E-state index in [4.69, 9.17) is 15.6 Å². The van der Waals surface area contributed by atoms with Gasteiger partial charge in [0.1, 0.15) is 12.1 Å². The van der Waals surface area contributed by atoms with E-state index in [2.05, 4.69) is 0 Å². The monoisotopic (exact) mass is 227 g/mol. The molecule has 2 unspecified atom stereocenters. The molecule has 0 amide bonds. The molecule has 2 atom stereocenters. The highest BCUT2D eigenvalue weighted by Gasteiger charge is 2.24. The van der Waals surface area contributed by atoms with Crippen LogP contribution in [0.3, 0.4) is 0 Å². The minimum atomic E-state index is -1.44. The van der Waals surface area contributed by atoms with Gasteiger partial charge >= 0.3 is 5.97 Å². The third-order valence-electron chi connectivity index (χ3n) is 2.17. The molecule has 5 N–H and O–H groups in total. The van der Waals surface area contributed by atoms with Gasteiger partial charge in [0.15, 0.2) is 11.5 Å². The summed E-state index contributed by atoms with van der Waals surface area (Å²) in [5.74, 6) is -1.26. The number of hydrogen-bond acceptors (Lipinski definition) is 5. The minimum absolute atomic E-state index is 0.184. The Kier molecular flexibility index (Phi) is 3.70. The van der Waals surface area contributed by atoms with Crippen LogP contribution in [0.4, 0.5) is 0 Å². The molecular formula is C10H13NO5. The van der Waals surface area contributed by atoms with Gasteiger partial charge in [-0.1, -0.05) is 6.07 Å². The van der Waals surface area contributed by atoms with Gasteiger partial charge in [0.25, 0.3) is 0 Å². The van der Waals surface area contributed by atoms with E-state index in [1.54, 1.807) is 0 Å². The zero-order chi connectivity index (χ0) is 12.3. The van der Waals surface area contributed by atoms with Crippen LogP contribution >= 0.6 is 0 Å². The number of aliphatic hydroxyl groups is 1. The maximum absolute atomic E-state index is 10.5. The first-order valence-corrected chi connectivity index (χ1v) is 4.50. The van der Waals surface area contributed by atoms with Crippen LogP contribution in [-0.2, 0) is 4.79 Å². The van der Waals surface area contributed by atoms with E-state index in [1.165, 1.54) is 25.3 Å². The number of carbonyl (C=O) groups is 1. The number of ether oxygens (including phenoxy) is 1. The lowest BCUT2D eigenvalue weighted by molar-refractivity contribution is -0.141. The Morgan fingerprint density at radius 2 is 2.12 bits per heavy atom. The van der Waals surface area contributed by atoms with Crippen molar-refractivity contribution in [3.63, 3.8) is 0 Å². The fraction of sp³-hybridized carbons (Fsp3) is 0.300. The van der Waals surface area contributed by atoms with E-state index in [1.807, 2.05) is 0 Å². The first-order valence-electron chi connectivity index (χ1n) is 4.50. The minimum Gasteiger partial charge on any atom is -0.504 e. The molecule has 0 fully saturated rings. The smallest absolute Gasteiger partial charge is 0.323 e. The molecule has 0 aliphatic rings. The number of aromatic hydroxyl groups is 1. The van der Waals surface area contributed by atoms with Gasteiger partial charge in [-0.2, -0.15) is 0 Å². The average Bonchev–Trinajstić information content (AvgIpc) is 2.26. The predicted molar refractivity (Wildman–Crippen MR) is 55.2 cm³/mol. The highest BCUT2D eigenvalue weighted by molar-refractivity contribution is 5.74. The van der Waals surface area contributed by atoms with Gasteiger partial charge in [-0.3, -0.25) is 4.79 Å². The Morgan fingerprint density at radius 1 is 1.50 bits per heavy atom. The number of nitrogens with two attached hydrogens (primary N) is 1. The Labute approximate surface area is 91.9 Å². The predicted octanol–water partition coefficient (Wildman–Crippen LogP) is -0.154. The van der Waals surface area contributed by atoms with E-state index in [0.29, 0.717) is 0 Å². The second kappa shape index (κ2) is 4.82. The maximum Gasteiger partial charge on any atom is 0.323 e. The van der Waals surface area contributed by atoms with Crippen LogP contribution in [0.5, 0.6) is 11.5 Å². The number of phenols is 1. The molecule has 0 heterocycles. The summed E-state index contributed by atoms with van der Waals surface area (Å²) in [4.78, 5) is 10.5. The molecule has 0 aliphatic heterocycles. The maximum atomic E-state index is 10.5. The van der Waals surface area contributed by atoms with Crippen LogP contribution in [0.2, 0.25) is 0 Å². The fourth-order valence-electron chi connectivity index (χ4n) is 1.23. The van der Waals surface area contributed by atoms with E-state index < -0.39 is 18.1 Å². The molecule has 1 aromatic carbocycles. The number of phenolic OH excluding ortho intramolecular Hbond substituents is 1. The summed E-state index contributed by atoms with van der Waals surface area (Å²) in [5, 5.41) is 27.6. The Hall–Kier alpha value is -1.79. The molecule has 0 saturated carbocycles. The van der Waals surface area contributed by atoms with Crippen LogP contribution in [0.25, 0.3) is 0 Å². The van der Waals surface area contributed by atoms with Crippen molar-refractivity contribution in [3.05, 3.63) is 23.8 Å². The molecule has 6 heteroatoms. The van der Waals surface area contributed by atoms with Crippen molar-refractivity contribution in [2.45, 2.75) is 12.1 Å². The second-order valence-corrected chi connectivity index (χ2v) is 3.24. The second-order valence-electron chi connectivity index (χ2n) is 3.24. The van der Waals surface area contributed by atoms with Gasteiger partial charge in [-0.25, -0.2) is 0 Å². The summed E-state index contributed by atoms with van der Waals surface area (Å²) in [5.41, 5.74) is 5.47. The Morgan fingerprint density at radius 3 is 2.56 bits per heavy atom. The quantitative estimate of drug-likeness (QED) is 0.568. The molecular weight excluding hydrogens is 214 g/mol. The van der Waals surface area contributed by atoms with Gasteiger partial charge in [-0.05, 0) is 17.7 Å². The number of carboxylic acid groups (broad SMARTS) is 1. The first-order chi connectivity index (χ1) is 7.47.